The number of ether oxygens (including phenoxy) is 2. The number of methoxy groups -OCH3 is 1. The molecule has 3 N–H and O–H groups in total. The van der Waals surface area contributed by atoms with Crippen LogP contribution in [0, 0.1) is 0 Å². The van der Waals surface area contributed by atoms with Gasteiger partial charge in [0, 0.05) is 100 Å². The van der Waals surface area contributed by atoms with E-state index in [9.17, 15) is 13.9 Å². The second-order valence-corrected chi connectivity index (χ2v) is 22.1. The van der Waals surface area contributed by atoms with Crippen LogP contribution < -0.4 is 10.6 Å². The fourth-order valence-electron chi connectivity index (χ4n) is 11.8. The van der Waals surface area contributed by atoms with Gasteiger partial charge in [-0.3, -0.25) is 9.80 Å². The molecule has 15 nitrogen and oxygen atoms in total. The molecule has 0 amide bonds. The van der Waals surface area contributed by atoms with Gasteiger partial charge in [-0.15, -0.1) is 10.2 Å². The molecule has 2 aliphatic heterocycles. The standard InChI is InChI=1S/C56H74F2N12O3/c1-37(53(57)58)61-54-59-31-50-46(40-9-5-38(6-10-40)33-67-26-23-65(2)24-27-67)30-49(69(50)63-54)43-15-19-45(20-16-43)73-52-35-66(3)25-28-68(52)34-39-7-11-41(12-8-39)47-29-48(42-13-17-44(71)18-14-42)70-51(47)32-60-55(64-70)62-56(21-22-56)36-72-4/h5-12,29-32,37,42-45,52-53,71H,13-28,33-36H2,1-4H3,(H,61,63)(H,62,64). The van der Waals surface area contributed by atoms with Gasteiger partial charge in [-0.2, -0.15) is 0 Å². The van der Waals surface area contributed by atoms with Crippen molar-refractivity contribution in [3.8, 4) is 22.3 Å². The van der Waals surface area contributed by atoms with Crippen LogP contribution in [0.2, 0.25) is 0 Å². The van der Waals surface area contributed by atoms with Crippen molar-refractivity contribution >= 4 is 22.9 Å². The highest BCUT2D eigenvalue weighted by Gasteiger charge is 2.44. The number of rotatable bonds is 17. The molecule has 2 atom stereocenters. The summed E-state index contributed by atoms with van der Waals surface area (Å²) in [6.45, 7) is 10.8. The van der Waals surface area contributed by atoms with Crippen molar-refractivity contribution < 1.29 is 23.4 Å². The molecule has 6 aromatic rings. The van der Waals surface area contributed by atoms with Crippen molar-refractivity contribution in [2.24, 2.45) is 0 Å². The summed E-state index contributed by atoms with van der Waals surface area (Å²) in [4.78, 5) is 19.1. The molecule has 5 aliphatic rings. The molecule has 2 saturated heterocycles. The second kappa shape index (κ2) is 21.6. The summed E-state index contributed by atoms with van der Waals surface area (Å²) in [7, 11) is 6.10. The van der Waals surface area contributed by atoms with E-state index in [1.807, 2.05) is 10.7 Å². The molecule has 2 aromatic carbocycles. The third-order valence-corrected chi connectivity index (χ3v) is 16.6. The summed E-state index contributed by atoms with van der Waals surface area (Å²) in [5.41, 5.74) is 11.0. The van der Waals surface area contributed by atoms with E-state index in [4.69, 9.17) is 24.7 Å². The Morgan fingerprint density at radius 1 is 0.699 bits per heavy atom. The molecule has 4 aromatic heterocycles. The topological polar surface area (TPSA) is 136 Å². The Bertz CT molecular complexity index is 2800. The van der Waals surface area contributed by atoms with Crippen LogP contribution >= 0.6 is 0 Å². The van der Waals surface area contributed by atoms with E-state index in [2.05, 4.69) is 114 Å². The van der Waals surface area contributed by atoms with Gasteiger partial charge in [0.15, 0.2) is 0 Å². The maximum atomic E-state index is 13.7. The lowest BCUT2D eigenvalue weighted by molar-refractivity contribution is -0.140. The van der Waals surface area contributed by atoms with Crippen LogP contribution in [-0.2, 0) is 22.6 Å². The van der Waals surface area contributed by atoms with E-state index >= 15 is 0 Å². The van der Waals surface area contributed by atoms with Gasteiger partial charge in [-0.1, -0.05) is 48.5 Å². The number of likely N-dealkylation sites (N-methyl/N-ethyl adjacent to an activating group) is 2. The van der Waals surface area contributed by atoms with Crippen LogP contribution in [0.1, 0.15) is 105 Å². The quantitative estimate of drug-likeness (QED) is 0.0809. The summed E-state index contributed by atoms with van der Waals surface area (Å²) in [5.74, 6) is 1.36. The number of halogens is 2. The van der Waals surface area contributed by atoms with Crippen LogP contribution in [-0.4, -0.2) is 164 Å². The summed E-state index contributed by atoms with van der Waals surface area (Å²) >= 11 is 0. The summed E-state index contributed by atoms with van der Waals surface area (Å²) < 4.78 is 43.9. The van der Waals surface area contributed by atoms with Gasteiger partial charge in [-0.25, -0.2) is 27.8 Å². The average molecular weight is 1000 g/mol. The number of benzene rings is 2. The van der Waals surface area contributed by atoms with Crippen molar-refractivity contribution in [2.75, 3.05) is 84.3 Å². The zero-order valence-corrected chi connectivity index (χ0v) is 43.1. The number of nitrogens with one attached hydrogen (secondary N) is 2. The van der Waals surface area contributed by atoms with Gasteiger partial charge in [0.25, 0.3) is 6.43 Å². The number of aromatic nitrogens is 6. The lowest BCUT2D eigenvalue weighted by Crippen LogP contribution is -2.53. The van der Waals surface area contributed by atoms with Crippen molar-refractivity contribution in [2.45, 2.75) is 132 Å². The number of aliphatic hydroxyl groups is 1. The summed E-state index contributed by atoms with van der Waals surface area (Å²) in [6.07, 6.45) is 10.3. The summed E-state index contributed by atoms with van der Waals surface area (Å²) in [5, 5.41) is 26.7. The normalized spacial score (nSPS) is 24.9. The number of hydrogen-bond donors (Lipinski definition) is 3. The van der Waals surface area contributed by atoms with Crippen molar-refractivity contribution in [1.82, 2.24) is 48.8 Å². The van der Waals surface area contributed by atoms with Crippen LogP contribution in [0.3, 0.4) is 0 Å². The van der Waals surface area contributed by atoms with Gasteiger partial charge in [0.2, 0.25) is 11.9 Å². The minimum atomic E-state index is -2.54. The maximum absolute atomic E-state index is 13.7. The fraction of sp³-hybridized carbons (Fsp3) is 0.571. The first-order chi connectivity index (χ1) is 35.5. The van der Waals surface area contributed by atoms with Crippen LogP contribution in [0.25, 0.3) is 33.3 Å². The minimum absolute atomic E-state index is 0.0382. The lowest BCUT2D eigenvalue weighted by Gasteiger charge is -2.42. The molecule has 0 radical (unpaired) electrons. The Kier molecular flexibility index (Phi) is 14.8. The zero-order valence-electron chi connectivity index (χ0n) is 43.1. The molecule has 0 spiro atoms. The van der Waals surface area contributed by atoms with E-state index in [1.165, 1.54) is 23.7 Å². The third-order valence-electron chi connectivity index (χ3n) is 16.6. The van der Waals surface area contributed by atoms with Gasteiger partial charge >= 0.3 is 0 Å². The van der Waals surface area contributed by atoms with E-state index in [0.29, 0.717) is 18.5 Å². The predicted molar refractivity (Wildman–Crippen MR) is 281 cm³/mol. The monoisotopic (exact) mass is 1000 g/mol. The first kappa shape index (κ1) is 50.0. The molecule has 2 unspecified atom stereocenters. The smallest absolute Gasteiger partial charge is 0.258 e. The molecule has 17 heteroatoms. The number of alkyl halides is 2. The molecule has 3 saturated carbocycles. The Morgan fingerprint density at radius 3 is 1.82 bits per heavy atom. The number of nitrogens with zero attached hydrogens (tertiary/aromatic N) is 10. The number of fused-ring (bicyclic) bond motifs is 2. The first-order valence-electron chi connectivity index (χ1n) is 26.9. The number of hydrogen-bond acceptors (Lipinski definition) is 13. The van der Waals surface area contributed by atoms with Crippen LogP contribution in [0.15, 0.2) is 73.1 Å². The van der Waals surface area contributed by atoms with E-state index in [1.54, 1.807) is 13.3 Å². The molecule has 390 valence electrons. The molecule has 11 rings (SSSR count). The number of piperazine rings is 2. The highest BCUT2D eigenvalue weighted by molar-refractivity contribution is 5.82. The second-order valence-electron chi connectivity index (χ2n) is 22.1. The zero-order chi connectivity index (χ0) is 50.2. The third kappa shape index (κ3) is 11.3. The van der Waals surface area contributed by atoms with Gasteiger partial charge in [0.1, 0.15) is 6.23 Å². The molecule has 6 heterocycles. The molecule has 73 heavy (non-hydrogen) atoms. The fourth-order valence-corrected chi connectivity index (χ4v) is 11.8. The summed E-state index contributed by atoms with van der Waals surface area (Å²) in [6, 6.07) is 21.3. The van der Waals surface area contributed by atoms with Crippen molar-refractivity contribution in [3.63, 3.8) is 0 Å². The number of aliphatic hydroxyl groups excluding tert-OH is 1. The molecular weight excluding hydrogens is 927 g/mol. The Hall–Kier alpha value is -5.14. The van der Waals surface area contributed by atoms with E-state index in [0.717, 1.165) is 162 Å². The van der Waals surface area contributed by atoms with Crippen LogP contribution in [0.4, 0.5) is 20.7 Å². The SMILES string of the molecule is COCC1(Nc2ncc3c(-c4ccc(CN5CCN(C)CC5OC5CCC(c6cc(-c7ccc(CN8CCN(C)CC8)cc7)c7cnc(NC(C)C(F)F)nn67)CC5)cc4)cc(C4CCC(O)CC4)n3n2)CC1. The van der Waals surface area contributed by atoms with E-state index < -0.39 is 12.5 Å². The Balaban J connectivity index is 0.771. The minimum Gasteiger partial charge on any atom is -0.393 e. The maximum Gasteiger partial charge on any atom is 0.258 e. The highest BCUT2D eigenvalue weighted by Crippen LogP contribution is 2.42. The first-order valence-corrected chi connectivity index (χ1v) is 26.9. The largest absolute Gasteiger partial charge is 0.393 e. The average Bonchev–Trinajstić information content (AvgIpc) is 3.89. The predicted octanol–water partition coefficient (Wildman–Crippen LogP) is 8.34. The Morgan fingerprint density at radius 2 is 1.25 bits per heavy atom. The Labute approximate surface area is 428 Å². The van der Waals surface area contributed by atoms with E-state index in [-0.39, 0.29) is 35.8 Å². The highest BCUT2D eigenvalue weighted by atomic mass is 19.3. The molecular formula is C56H74F2N12O3. The van der Waals surface area contributed by atoms with Crippen molar-refractivity contribution in [3.05, 3.63) is 95.6 Å². The lowest BCUT2D eigenvalue weighted by atomic mass is 9.85. The van der Waals surface area contributed by atoms with Gasteiger partial charge in [-0.05, 0) is 120 Å². The van der Waals surface area contributed by atoms with Crippen molar-refractivity contribution in [1.29, 1.82) is 0 Å². The van der Waals surface area contributed by atoms with Gasteiger partial charge in [0.05, 0.1) is 53.8 Å². The molecule has 3 aliphatic carbocycles. The molecule has 0 bridgehead atoms. The molecule has 5 fully saturated rings. The van der Waals surface area contributed by atoms with Crippen LogP contribution in [0.5, 0.6) is 0 Å². The number of anilines is 2. The van der Waals surface area contributed by atoms with Gasteiger partial charge < -0.3 is 35.0 Å².